The van der Waals surface area contributed by atoms with E-state index < -0.39 is 10.0 Å². The molecule has 2 aromatic carbocycles. The number of nitrogens with one attached hydrogen (secondary N) is 1. The highest BCUT2D eigenvalue weighted by Crippen LogP contribution is 2.33. The Kier molecular flexibility index (Phi) is 5.19. The molecule has 1 heterocycles. The van der Waals surface area contributed by atoms with Gasteiger partial charge in [0.15, 0.2) is 0 Å². The van der Waals surface area contributed by atoms with Gasteiger partial charge in [-0.1, -0.05) is 30.1 Å². The van der Waals surface area contributed by atoms with Crippen molar-refractivity contribution in [2.24, 2.45) is 0 Å². The summed E-state index contributed by atoms with van der Waals surface area (Å²) in [6.07, 6.45) is 2.69. The summed E-state index contributed by atoms with van der Waals surface area (Å²) in [6.45, 7) is 6.70. The molecule has 0 aliphatic rings. The molecule has 3 rings (SSSR count). The number of aromatic nitrogens is 2. The Morgan fingerprint density at radius 1 is 1.19 bits per heavy atom. The van der Waals surface area contributed by atoms with Crippen molar-refractivity contribution >= 4 is 49.9 Å². The molecule has 0 aliphatic heterocycles. The van der Waals surface area contributed by atoms with Gasteiger partial charge < -0.3 is 4.57 Å². The largest absolute Gasteiger partial charge is 0.331 e. The molecule has 0 unspecified atom stereocenters. The summed E-state index contributed by atoms with van der Waals surface area (Å²) in [7, 11) is -3.92. The molecule has 0 aliphatic carbocycles. The second-order valence-corrected chi connectivity index (χ2v) is 8.67. The summed E-state index contributed by atoms with van der Waals surface area (Å²) in [5, 5.41) is 0.410. The fraction of sp³-hybridized carbons (Fsp3) is 0.278. The fourth-order valence-corrected chi connectivity index (χ4v) is 4.73. The molecule has 0 atom stereocenters. The lowest BCUT2D eigenvalue weighted by atomic mass is 10.1. The Balaban J connectivity index is 2.16. The van der Waals surface area contributed by atoms with Crippen LogP contribution in [0.5, 0.6) is 0 Å². The second kappa shape index (κ2) is 7.10. The van der Waals surface area contributed by atoms with Crippen molar-refractivity contribution in [3.05, 3.63) is 51.8 Å². The minimum Gasteiger partial charge on any atom is -0.331 e. The van der Waals surface area contributed by atoms with Crippen LogP contribution in [-0.2, 0) is 16.6 Å². The first-order chi connectivity index (χ1) is 12.2. The summed E-state index contributed by atoms with van der Waals surface area (Å²) in [5.41, 5.74) is 3.77. The maximum absolute atomic E-state index is 12.9. The third-order valence-corrected chi connectivity index (χ3v) is 6.38. The molecule has 5 nitrogen and oxygen atoms in total. The van der Waals surface area contributed by atoms with Crippen LogP contribution in [0, 0.1) is 13.8 Å². The van der Waals surface area contributed by atoms with Gasteiger partial charge in [-0.2, -0.15) is 0 Å². The number of halogens is 2. The smallest absolute Gasteiger partial charge is 0.263 e. The maximum Gasteiger partial charge on any atom is 0.263 e. The highest BCUT2D eigenvalue weighted by atomic mass is 35.5. The zero-order valence-electron chi connectivity index (χ0n) is 14.7. The molecule has 0 bridgehead atoms. The zero-order chi connectivity index (χ0) is 19.1. The maximum atomic E-state index is 12.9. The first-order valence-corrected chi connectivity index (χ1v) is 10.4. The van der Waals surface area contributed by atoms with E-state index in [0.717, 1.165) is 29.6 Å². The van der Waals surface area contributed by atoms with Crippen LogP contribution in [-0.4, -0.2) is 18.0 Å². The van der Waals surface area contributed by atoms with Crippen LogP contribution in [0.1, 0.15) is 24.5 Å². The SMILES string of the molecule is CCCn1cnc2c(NS(=O)(=O)c3cc(Cl)ccc3Cl)c(C)c(C)cc21. The van der Waals surface area contributed by atoms with E-state index in [-0.39, 0.29) is 9.92 Å². The zero-order valence-corrected chi connectivity index (χ0v) is 17.0. The van der Waals surface area contributed by atoms with E-state index in [1.54, 1.807) is 12.4 Å². The van der Waals surface area contributed by atoms with Crippen LogP contribution in [0.15, 0.2) is 35.5 Å². The summed E-state index contributed by atoms with van der Waals surface area (Å²) >= 11 is 12.0. The van der Waals surface area contributed by atoms with Gasteiger partial charge in [0.1, 0.15) is 10.4 Å². The highest BCUT2D eigenvalue weighted by molar-refractivity contribution is 7.92. The Hall–Kier alpha value is -1.76. The van der Waals surface area contributed by atoms with Gasteiger partial charge in [0.05, 0.1) is 22.6 Å². The van der Waals surface area contributed by atoms with Crippen molar-refractivity contribution in [2.45, 2.75) is 38.6 Å². The van der Waals surface area contributed by atoms with Crippen LogP contribution in [0.4, 0.5) is 5.69 Å². The molecule has 1 N–H and O–H groups in total. The van der Waals surface area contributed by atoms with Gasteiger partial charge in [-0.15, -0.1) is 0 Å². The van der Waals surface area contributed by atoms with E-state index in [1.807, 2.05) is 24.5 Å². The number of fused-ring (bicyclic) bond motifs is 1. The number of sulfonamides is 1. The van der Waals surface area contributed by atoms with E-state index in [2.05, 4.69) is 16.6 Å². The Labute approximate surface area is 163 Å². The topological polar surface area (TPSA) is 64.0 Å². The molecule has 138 valence electrons. The predicted octanol–water partition coefficient (Wildman–Crippen LogP) is 5.17. The number of imidazole rings is 1. The minimum absolute atomic E-state index is 0.0614. The number of aryl methyl sites for hydroxylation is 2. The number of anilines is 1. The van der Waals surface area contributed by atoms with Crippen molar-refractivity contribution in [2.75, 3.05) is 4.72 Å². The van der Waals surface area contributed by atoms with E-state index in [0.29, 0.717) is 16.2 Å². The van der Waals surface area contributed by atoms with Crippen molar-refractivity contribution in [1.29, 1.82) is 0 Å². The number of nitrogens with zero attached hydrogens (tertiary/aromatic N) is 2. The Morgan fingerprint density at radius 3 is 2.62 bits per heavy atom. The van der Waals surface area contributed by atoms with Crippen LogP contribution < -0.4 is 4.72 Å². The molecule has 8 heteroatoms. The highest BCUT2D eigenvalue weighted by Gasteiger charge is 2.22. The molecule has 0 spiro atoms. The monoisotopic (exact) mass is 411 g/mol. The van der Waals surface area contributed by atoms with Gasteiger partial charge in [-0.3, -0.25) is 4.72 Å². The van der Waals surface area contributed by atoms with E-state index in [1.165, 1.54) is 12.1 Å². The second-order valence-electron chi connectivity index (χ2n) is 6.18. The third kappa shape index (κ3) is 3.41. The number of rotatable bonds is 5. The quantitative estimate of drug-likeness (QED) is 0.629. The average molecular weight is 412 g/mol. The van der Waals surface area contributed by atoms with Crippen molar-refractivity contribution in [3.8, 4) is 0 Å². The van der Waals surface area contributed by atoms with Gasteiger partial charge in [-0.05, 0) is 55.7 Å². The fourth-order valence-electron chi connectivity index (χ4n) is 2.84. The lowest BCUT2D eigenvalue weighted by molar-refractivity contribution is 0.601. The van der Waals surface area contributed by atoms with E-state index >= 15 is 0 Å². The van der Waals surface area contributed by atoms with Crippen molar-refractivity contribution in [3.63, 3.8) is 0 Å². The standard InChI is InChI=1S/C18H19Cl2N3O2S/c1-4-7-23-10-21-18-15(23)8-11(2)12(3)17(18)22-26(24,25)16-9-13(19)5-6-14(16)20/h5-6,8-10,22H,4,7H2,1-3H3. The van der Waals surface area contributed by atoms with Gasteiger partial charge in [-0.25, -0.2) is 13.4 Å². The Morgan fingerprint density at radius 2 is 1.92 bits per heavy atom. The van der Waals surface area contributed by atoms with Gasteiger partial charge in [0.25, 0.3) is 10.0 Å². The number of hydrogen-bond acceptors (Lipinski definition) is 3. The summed E-state index contributed by atoms with van der Waals surface area (Å²) in [6, 6.07) is 6.38. The molecule has 0 amide bonds. The lowest BCUT2D eigenvalue weighted by Gasteiger charge is -2.15. The molecule has 26 heavy (non-hydrogen) atoms. The molecule has 1 aromatic heterocycles. The molecule has 0 saturated carbocycles. The van der Waals surface area contributed by atoms with Crippen LogP contribution in [0.25, 0.3) is 11.0 Å². The summed E-state index contributed by atoms with van der Waals surface area (Å²) in [4.78, 5) is 4.37. The van der Waals surface area contributed by atoms with Gasteiger partial charge in [0, 0.05) is 11.6 Å². The molecular weight excluding hydrogens is 393 g/mol. The summed E-state index contributed by atoms with van der Waals surface area (Å²) < 4.78 is 30.5. The van der Waals surface area contributed by atoms with Crippen molar-refractivity contribution in [1.82, 2.24) is 9.55 Å². The lowest BCUT2D eigenvalue weighted by Crippen LogP contribution is -2.15. The number of benzene rings is 2. The predicted molar refractivity (Wildman–Crippen MR) is 107 cm³/mol. The molecule has 3 aromatic rings. The molecule has 0 fully saturated rings. The van der Waals surface area contributed by atoms with E-state index in [4.69, 9.17) is 23.2 Å². The Bertz CT molecular complexity index is 1090. The average Bonchev–Trinajstić information content (AvgIpc) is 2.97. The minimum atomic E-state index is -3.92. The van der Waals surface area contributed by atoms with Crippen molar-refractivity contribution < 1.29 is 8.42 Å². The molecular formula is C18H19Cl2N3O2S. The van der Waals surface area contributed by atoms with Crippen LogP contribution in [0.2, 0.25) is 10.0 Å². The van der Waals surface area contributed by atoms with Gasteiger partial charge >= 0.3 is 0 Å². The normalized spacial score (nSPS) is 11.9. The molecule has 0 saturated heterocycles. The van der Waals surface area contributed by atoms with Gasteiger partial charge in [0.2, 0.25) is 0 Å². The van der Waals surface area contributed by atoms with Crippen LogP contribution >= 0.6 is 23.2 Å². The first-order valence-electron chi connectivity index (χ1n) is 8.17. The number of hydrogen-bond donors (Lipinski definition) is 1. The van der Waals surface area contributed by atoms with E-state index in [9.17, 15) is 8.42 Å². The molecule has 0 radical (unpaired) electrons. The van der Waals surface area contributed by atoms with Crippen LogP contribution in [0.3, 0.4) is 0 Å². The third-order valence-electron chi connectivity index (χ3n) is 4.32. The first kappa shape index (κ1) is 19.0. The summed E-state index contributed by atoms with van der Waals surface area (Å²) in [5.74, 6) is 0.